The van der Waals surface area contributed by atoms with E-state index in [0.717, 1.165) is 43.5 Å². The number of nitrogens with zero attached hydrogens (tertiary/aromatic N) is 2. The first-order valence-electron chi connectivity index (χ1n) is 10.7. The van der Waals surface area contributed by atoms with Gasteiger partial charge in [-0.15, -0.1) is 0 Å². The van der Waals surface area contributed by atoms with Gasteiger partial charge < -0.3 is 25.0 Å². The number of hydrogen-bond donors (Lipinski definition) is 2. The van der Waals surface area contributed by atoms with Crippen LogP contribution in [0.2, 0.25) is 0 Å². The van der Waals surface area contributed by atoms with Crippen LogP contribution in [-0.2, 0) is 6.42 Å². The highest BCUT2D eigenvalue weighted by Crippen LogP contribution is 2.27. The van der Waals surface area contributed by atoms with E-state index in [2.05, 4.69) is 57.8 Å². The van der Waals surface area contributed by atoms with Crippen molar-refractivity contribution in [1.29, 1.82) is 0 Å². The van der Waals surface area contributed by atoms with Crippen LogP contribution in [0.15, 0.2) is 47.5 Å². The molecule has 1 unspecified atom stereocenters. The lowest BCUT2D eigenvalue weighted by Crippen LogP contribution is -2.39. The first-order valence-corrected chi connectivity index (χ1v) is 10.7. The Balaban J connectivity index is 1.54. The Morgan fingerprint density at radius 2 is 1.83 bits per heavy atom. The Morgan fingerprint density at radius 1 is 1.07 bits per heavy atom. The highest BCUT2D eigenvalue weighted by Gasteiger charge is 2.14. The van der Waals surface area contributed by atoms with Gasteiger partial charge in [0, 0.05) is 32.4 Å². The largest absolute Gasteiger partial charge is 0.493 e. The molecular weight excluding hydrogens is 376 g/mol. The molecule has 1 fully saturated rings. The minimum Gasteiger partial charge on any atom is -0.493 e. The van der Waals surface area contributed by atoms with Crippen LogP contribution in [0, 0.1) is 0 Å². The second-order valence-corrected chi connectivity index (χ2v) is 7.59. The normalized spacial score (nSPS) is 15.1. The third-order valence-electron chi connectivity index (χ3n) is 5.57. The molecule has 1 aliphatic rings. The van der Waals surface area contributed by atoms with Gasteiger partial charge in [0.15, 0.2) is 17.5 Å². The number of aliphatic imine (C=N–C) groups is 1. The van der Waals surface area contributed by atoms with Crippen LogP contribution in [0.25, 0.3) is 0 Å². The summed E-state index contributed by atoms with van der Waals surface area (Å²) >= 11 is 0. The van der Waals surface area contributed by atoms with Crippen molar-refractivity contribution < 1.29 is 9.47 Å². The fourth-order valence-corrected chi connectivity index (χ4v) is 3.81. The molecule has 0 aromatic heterocycles. The van der Waals surface area contributed by atoms with Crippen LogP contribution in [0.3, 0.4) is 0 Å². The van der Waals surface area contributed by atoms with E-state index in [9.17, 15) is 0 Å². The molecule has 0 saturated carbocycles. The lowest BCUT2D eigenvalue weighted by molar-refractivity contribution is 0.354. The lowest BCUT2D eigenvalue weighted by Gasteiger charge is -2.22. The van der Waals surface area contributed by atoms with Crippen LogP contribution in [0.4, 0.5) is 5.69 Å². The van der Waals surface area contributed by atoms with Crippen molar-refractivity contribution >= 4 is 11.6 Å². The Morgan fingerprint density at radius 3 is 2.53 bits per heavy atom. The van der Waals surface area contributed by atoms with Crippen LogP contribution < -0.4 is 25.0 Å². The molecule has 0 amide bonds. The molecule has 0 aliphatic carbocycles. The molecule has 1 saturated heterocycles. The molecule has 162 valence electrons. The summed E-state index contributed by atoms with van der Waals surface area (Å²) in [4.78, 5) is 6.85. The van der Waals surface area contributed by atoms with Crippen LogP contribution in [-0.4, -0.2) is 46.9 Å². The maximum atomic E-state index is 5.39. The summed E-state index contributed by atoms with van der Waals surface area (Å²) in [5.74, 6) is 2.30. The molecule has 3 rings (SSSR count). The second-order valence-electron chi connectivity index (χ2n) is 7.59. The highest BCUT2D eigenvalue weighted by atomic mass is 16.5. The molecule has 0 radical (unpaired) electrons. The SMILES string of the molecule is CN=C(NCCc1ccc(OC)c(OC)c1)NC(C)c1cccc(N2CCCC2)c1. The summed E-state index contributed by atoms with van der Waals surface area (Å²) in [6.07, 6.45) is 3.43. The molecule has 30 heavy (non-hydrogen) atoms. The second kappa shape index (κ2) is 10.8. The summed E-state index contributed by atoms with van der Waals surface area (Å²) in [5.41, 5.74) is 3.76. The number of anilines is 1. The number of guanidine groups is 1. The molecular formula is C24H34N4O2. The molecule has 2 N–H and O–H groups in total. The van der Waals surface area contributed by atoms with E-state index in [-0.39, 0.29) is 6.04 Å². The highest BCUT2D eigenvalue weighted by molar-refractivity contribution is 5.80. The van der Waals surface area contributed by atoms with Gasteiger partial charge in [0.1, 0.15) is 0 Å². The molecule has 2 aromatic carbocycles. The summed E-state index contributed by atoms with van der Waals surface area (Å²) in [5, 5.41) is 6.91. The number of methoxy groups -OCH3 is 2. The fourth-order valence-electron chi connectivity index (χ4n) is 3.81. The lowest BCUT2D eigenvalue weighted by atomic mass is 10.1. The maximum absolute atomic E-state index is 5.39. The van der Waals surface area contributed by atoms with Crippen molar-refractivity contribution in [3.8, 4) is 11.5 Å². The molecule has 1 atom stereocenters. The Kier molecular flexibility index (Phi) is 7.82. The predicted octanol–water partition coefficient (Wildman–Crippen LogP) is 3.77. The number of ether oxygens (including phenoxy) is 2. The molecule has 1 heterocycles. The molecule has 0 bridgehead atoms. The summed E-state index contributed by atoms with van der Waals surface area (Å²) in [7, 11) is 5.11. The van der Waals surface area contributed by atoms with Crippen molar-refractivity contribution in [1.82, 2.24) is 10.6 Å². The van der Waals surface area contributed by atoms with E-state index in [1.807, 2.05) is 12.1 Å². The van der Waals surface area contributed by atoms with Gasteiger partial charge in [-0.05, 0) is 61.6 Å². The van der Waals surface area contributed by atoms with Gasteiger partial charge >= 0.3 is 0 Å². The van der Waals surface area contributed by atoms with E-state index < -0.39 is 0 Å². The van der Waals surface area contributed by atoms with Gasteiger partial charge in [0.05, 0.1) is 20.3 Å². The minimum absolute atomic E-state index is 0.167. The van der Waals surface area contributed by atoms with E-state index in [4.69, 9.17) is 9.47 Å². The van der Waals surface area contributed by atoms with Gasteiger partial charge in [0.2, 0.25) is 0 Å². The zero-order valence-corrected chi connectivity index (χ0v) is 18.6. The predicted molar refractivity (Wildman–Crippen MR) is 124 cm³/mol. The van der Waals surface area contributed by atoms with Crippen molar-refractivity contribution in [2.75, 3.05) is 45.8 Å². The van der Waals surface area contributed by atoms with E-state index >= 15 is 0 Å². The smallest absolute Gasteiger partial charge is 0.191 e. The first-order chi connectivity index (χ1) is 14.6. The third kappa shape index (κ3) is 5.59. The molecule has 6 heteroatoms. The zero-order valence-electron chi connectivity index (χ0n) is 18.6. The molecule has 1 aliphatic heterocycles. The van der Waals surface area contributed by atoms with E-state index in [0.29, 0.717) is 0 Å². The van der Waals surface area contributed by atoms with Crippen LogP contribution >= 0.6 is 0 Å². The Hall–Kier alpha value is -2.89. The summed E-state index contributed by atoms with van der Waals surface area (Å²) in [6, 6.07) is 15.0. The maximum Gasteiger partial charge on any atom is 0.191 e. The van der Waals surface area contributed by atoms with Crippen LogP contribution in [0.1, 0.15) is 36.9 Å². The molecule has 6 nitrogen and oxygen atoms in total. The van der Waals surface area contributed by atoms with Crippen molar-refractivity contribution in [3.63, 3.8) is 0 Å². The van der Waals surface area contributed by atoms with Crippen molar-refractivity contribution in [2.45, 2.75) is 32.2 Å². The molecule has 0 spiro atoms. The zero-order chi connectivity index (χ0) is 21.3. The van der Waals surface area contributed by atoms with Crippen molar-refractivity contribution in [3.05, 3.63) is 53.6 Å². The Labute approximate surface area is 180 Å². The number of benzene rings is 2. The molecule has 2 aromatic rings. The van der Waals surface area contributed by atoms with Gasteiger partial charge in [-0.3, -0.25) is 4.99 Å². The third-order valence-corrected chi connectivity index (χ3v) is 5.57. The topological polar surface area (TPSA) is 58.1 Å². The monoisotopic (exact) mass is 410 g/mol. The Bertz CT molecular complexity index is 847. The van der Waals surface area contributed by atoms with Gasteiger partial charge in [-0.2, -0.15) is 0 Å². The average molecular weight is 411 g/mol. The first kappa shape index (κ1) is 21.8. The number of hydrogen-bond acceptors (Lipinski definition) is 4. The van der Waals surface area contributed by atoms with Crippen molar-refractivity contribution in [2.24, 2.45) is 4.99 Å². The van der Waals surface area contributed by atoms with E-state index in [1.165, 1.54) is 29.7 Å². The van der Waals surface area contributed by atoms with E-state index in [1.54, 1.807) is 21.3 Å². The average Bonchev–Trinajstić information content (AvgIpc) is 3.33. The van der Waals surface area contributed by atoms with Crippen LogP contribution in [0.5, 0.6) is 11.5 Å². The van der Waals surface area contributed by atoms with Gasteiger partial charge in [-0.1, -0.05) is 18.2 Å². The standard InChI is InChI=1S/C24H34N4O2/c1-18(20-8-7-9-21(17-20)28-14-5-6-15-28)27-24(25-2)26-13-12-19-10-11-22(29-3)23(16-19)30-4/h7-11,16-18H,5-6,12-15H2,1-4H3,(H2,25,26,27). The summed E-state index contributed by atoms with van der Waals surface area (Å²) in [6.45, 7) is 5.26. The summed E-state index contributed by atoms with van der Waals surface area (Å²) < 4.78 is 10.7. The minimum atomic E-state index is 0.167. The van der Waals surface area contributed by atoms with Gasteiger partial charge in [-0.25, -0.2) is 0 Å². The number of nitrogens with one attached hydrogen (secondary N) is 2. The van der Waals surface area contributed by atoms with Gasteiger partial charge in [0.25, 0.3) is 0 Å². The quantitative estimate of drug-likeness (QED) is 0.512. The number of rotatable bonds is 8. The fraction of sp³-hybridized carbons (Fsp3) is 0.458.